The lowest BCUT2D eigenvalue weighted by Gasteiger charge is -2.33. The van der Waals surface area contributed by atoms with Gasteiger partial charge in [0, 0.05) is 12.1 Å². The summed E-state index contributed by atoms with van der Waals surface area (Å²) in [5.74, 6) is 0.884. The van der Waals surface area contributed by atoms with Crippen LogP contribution < -0.4 is 0 Å². The van der Waals surface area contributed by atoms with E-state index in [0.29, 0.717) is 0 Å². The molecule has 2 atom stereocenters. The molecular weight excluding hydrogens is 146 g/mol. The van der Waals surface area contributed by atoms with E-state index in [1.54, 1.807) is 0 Å². The van der Waals surface area contributed by atoms with Gasteiger partial charge in [-0.25, -0.2) is 0 Å². The molecule has 72 valence electrons. The van der Waals surface area contributed by atoms with E-state index in [0.717, 1.165) is 18.0 Å². The van der Waals surface area contributed by atoms with Crippen LogP contribution in [0.2, 0.25) is 0 Å². The second-order valence-corrected chi connectivity index (χ2v) is 4.55. The Kier molecular flexibility index (Phi) is 3.57. The minimum atomic E-state index is 0.723. The van der Waals surface area contributed by atoms with E-state index in [-0.39, 0.29) is 0 Å². The number of likely N-dealkylation sites (tertiary alicyclic amines) is 1. The van der Waals surface area contributed by atoms with Crippen molar-refractivity contribution in [3.05, 3.63) is 0 Å². The first-order chi connectivity index (χ1) is 5.63. The van der Waals surface area contributed by atoms with Crippen molar-refractivity contribution in [2.45, 2.75) is 59.0 Å². The quantitative estimate of drug-likeness (QED) is 0.583. The van der Waals surface area contributed by atoms with E-state index in [1.165, 1.54) is 25.8 Å². The molecule has 1 rings (SSSR count). The Labute approximate surface area is 77.1 Å². The molecular formula is C11H23N. The second kappa shape index (κ2) is 4.27. The monoisotopic (exact) mass is 169 g/mol. The fraction of sp³-hybridized carbons (Fsp3) is 1.00. The van der Waals surface area contributed by atoms with Gasteiger partial charge < -0.3 is 0 Å². The Hall–Kier alpha value is -0.0400. The third-order valence-corrected chi connectivity index (χ3v) is 3.34. The third-order valence-electron chi connectivity index (χ3n) is 3.34. The van der Waals surface area contributed by atoms with Gasteiger partial charge in [0.15, 0.2) is 0 Å². The van der Waals surface area contributed by atoms with Gasteiger partial charge in [0.2, 0.25) is 0 Å². The van der Waals surface area contributed by atoms with Crippen LogP contribution in [0.25, 0.3) is 0 Å². The van der Waals surface area contributed by atoms with Crippen LogP contribution in [0.3, 0.4) is 0 Å². The van der Waals surface area contributed by atoms with Crippen molar-refractivity contribution in [3.8, 4) is 0 Å². The molecule has 0 aromatic rings. The van der Waals surface area contributed by atoms with E-state index in [9.17, 15) is 0 Å². The second-order valence-electron chi connectivity index (χ2n) is 4.55. The number of hydrogen-bond acceptors (Lipinski definition) is 1. The van der Waals surface area contributed by atoms with Crippen molar-refractivity contribution in [2.75, 3.05) is 6.54 Å². The van der Waals surface area contributed by atoms with Gasteiger partial charge in [-0.05, 0) is 46.1 Å². The lowest BCUT2D eigenvalue weighted by atomic mass is 9.98. The molecule has 0 N–H and O–H groups in total. The molecule has 1 fully saturated rings. The molecule has 0 spiro atoms. The molecule has 0 aromatic carbocycles. The summed E-state index contributed by atoms with van der Waals surface area (Å²) in [7, 11) is 0. The van der Waals surface area contributed by atoms with Crippen LogP contribution >= 0.6 is 0 Å². The van der Waals surface area contributed by atoms with Gasteiger partial charge in [-0.1, -0.05) is 13.3 Å². The predicted molar refractivity (Wildman–Crippen MR) is 54.3 cm³/mol. The summed E-state index contributed by atoms with van der Waals surface area (Å²) in [6, 6.07) is 1.51. The van der Waals surface area contributed by atoms with Gasteiger partial charge >= 0.3 is 0 Å². The fourth-order valence-electron chi connectivity index (χ4n) is 2.26. The summed E-state index contributed by atoms with van der Waals surface area (Å²) in [6.45, 7) is 10.7. The summed E-state index contributed by atoms with van der Waals surface area (Å²) >= 11 is 0. The molecule has 0 aromatic heterocycles. The van der Waals surface area contributed by atoms with Crippen LogP contribution in [-0.4, -0.2) is 23.5 Å². The van der Waals surface area contributed by atoms with Crippen molar-refractivity contribution in [3.63, 3.8) is 0 Å². The van der Waals surface area contributed by atoms with Crippen molar-refractivity contribution >= 4 is 0 Å². The first-order valence-electron chi connectivity index (χ1n) is 5.38. The summed E-state index contributed by atoms with van der Waals surface area (Å²) in [5.41, 5.74) is 0. The van der Waals surface area contributed by atoms with Gasteiger partial charge in [0.1, 0.15) is 0 Å². The van der Waals surface area contributed by atoms with E-state index in [1.807, 2.05) is 0 Å². The summed E-state index contributed by atoms with van der Waals surface area (Å²) in [5, 5.41) is 0. The minimum Gasteiger partial charge on any atom is -0.298 e. The van der Waals surface area contributed by atoms with Crippen LogP contribution in [0.4, 0.5) is 0 Å². The average Bonchev–Trinajstić information content (AvgIpc) is 2.15. The summed E-state index contributed by atoms with van der Waals surface area (Å²) in [6.07, 6.45) is 4.24. The maximum atomic E-state index is 2.65. The zero-order chi connectivity index (χ0) is 9.14. The molecule has 0 amide bonds. The first kappa shape index (κ1) is 10.0. The molecule has 1 aliphatic rings. The smallest absolute Gasteiger partial charge is 0.00952 e. The van der Waals surface area contributed by atoms with Crippen molar-refractivity contribution in [1.82, 2.24) is 4.90 Å². The molecule has 1 aliphatic heterocycles. The number of hydrogen-bond donors (Lipinski definition) is 0. The number of nitrogens with zero attached hydrogens (tertiary/aromatic N) is 1. The van der Waals surface area contributed by atoms with Crippen LogP contribution in [0.5, 0.6) is 0 Å². The Bertz CT molecular complexity index is 131. The molecule has 0 bridgehead atoms. The van der Waals surface area contributed by atoms with Crippen LogP contribution in [0.1, 0.15) is 47.0 Å². The van der Waals surface area contributed by atoms with Gasteiger partial charge in [0.05, 0.1) is 0 Å². The highest BCUT2D eigenvalue weighted by atomic mass is 15.2. The molecule has 1 nitrogen and oxygen atoms in total. The van der Waals surface area contributed by atoms with E-state index >= 15 is 0 Å². The van der Waals surface area contributed by atoms with Crippen molar-refractivity contribution in [2.24, 2.45) is 5.92 Å². The Morgan fingerprint density at radius 2 is 1.83 bits per heavy atom. The fourth-order valence-corrected chi connectivity index (χ4v) is 2.26. The normalized spacial score (nSPS) is 33.8. The topological polar surface area (TPSA) is 3.24 Å². The first-order valence-corrected chi connectivity index (χ1v) is 5.38. The van der Waals surface area contributed by atoms with Crippen LogP contribution in [0, 0.1) is 5.92 Å². The lowest BCUT2D eigenvalue weighted by molar-refractivity contribution is 0.138. The highest BCUT2D eigenvalue weighted by Gasteiger charge is 2.24. The Morgan fingerprint density at radius 1 is 1.17 bits per heavy atom. The molecule has 0 saturated carbocycles. The maximum Gasteiger partial charge on any atom is 0.00952 e. The molecule has 1 heteroatoms. The highest BCUT2D eigenvalue weighted by Crippen LogP contribution is 2.23. The molecule has 0 radical (unpaired) electrons. The Morgan fingerprint density at radius 3 is 2.42 bits per heavy atom. The van der Waals surface area contributed by atoms with E-state index < -0.39 is 0 Å². The molecule has 2 unspecified atom stereocenters. The predicted octanol–water partition coefficient (Wildman–Crippen LogP) is 2.91. The van der Waals surface area contributed by atoms with Gasteiger partial charge in [0.25, 0.3) is 0 Å². The van der Waals surface area contributed by atoms with Crippen molar-refractivity contribution < 1.29 is 0 Å². The molecule has 0 aliphatic carbocycles. The summed E-state index contributed by atoms with van der Waals surface area (Å²) < 4.78 is 0. The van der Waals surface area contributed by atoms with Gasteiger partial charge in [-0.3, -0.25) is 4.90 Å². The lowest BCUT2D eigenvalue weighted by Crippen LogP contribution is -2.41. The summed E-state index contributed by atoms with van der Waals surface area (Å²) in [4.78, 5) is 2.65. The maximum absolute atomic E-state index is 2.65. The standard InChI is InChI=1S/C11H23N/c1-9(2)12-8-6-5-7-10(3)11(12)4/h9-11H,5-8H2,1-4H3. The highest BCUT2D eigenvalue weighted by molar-refractivity contribution is 4.78. The SMILES string of the molecule is CC1CCCCN(C(C)C)C1C. The minimum absolute atomic E-state index is 0.723. The average molecular weight is 169 g/mol. The zero-order valence-electron chi connectivity index (χ0n) is 9.01. The largest absolute Gasteiger partial charge is 0.298 e. The van der Waals surface area contributed by atoms with Gasteiger partial charge in [-0.15, -0.1) is 0 Å². The molecule has 1 saturated heterocycles. The van der Waals surface area contributed by atoms with Crippen molar-refractivity contribution in [1.29, 1.82) is 0 Å². The Balaban J connectivity index is 2.58. The van der Waals surface area contributed by atoms with Crippen LogP contribution in [-0.2, 0) is 0 Å². The van der Waals surface area contributed by atoms with E-state index in [4.69, 9.17) is 0 Å². The zero-order valence-corrected chi connectivity index (χ0v) is 9.01. The molecule has 12 heavy (non-hydrogen) atoms. The van der Waals surface area contributed by atoms with Gasteiger partial charge in [-0.2, -0.15) is 0 Å². The third kappa shape index (κ3) is 2.22. The number of rotatable bonds is 1. The van der Waals surface area contributed by atoms with E-state index in [2.05, 4.69) is 32.6 Å². The molecule has 1 heterocycles. The van der Waals surface area contributed by atoms with Crippen LogP contribution in [0.15, 0.2) is 0 Å².